The van der Waals surface area contributed by atoms with Crippen molar-refractivity contribution in [1.82, 2.24) is 5.43 Å². The Morgan fingerprint density at radius 3 is 2.58 bits per heavy atom. The Balaban J connectivity index is 2.04. The maximum absolute atomic E-state index is 14.4. The lowest BCUT2D eigenvalue weighted by Gasteiger charge is -2.29. The normalized spacial score (nSPS) is 16.0. The van der Waals surface area contributed by atoms with Gasteiger partial charge in [-0.2, -0.15) is 5.10 Å². The zero-order valence-electron chi connectivity index (χ0n) is 14.6. The molecule has 132 valence electrons. The minimum atomic E-state index is -0.646. The summed E-state index contributed by atoms with van der Waals surface area (Å²) in [6.07, 6.45) is -0.646. The van der Waals surface area contributed by atoms with Crippen LogP contribution in [0.4, 0.5) is 14.9 Å². The highest BCUT2D eigenvalue weighted by molar-refractivity contribution is 5.99. The number of benzene rings is 1. The maximum Gasteiger partial charge on any atom is 0.428 e. The van der Waals surface area contributed by atoms with Gasteiger partial charge in [0.25, 0.3) is 0 Å². The van der Waals surface area contributed by atoms with E-state index < -0.39 is 11.7 Å². The van der Waals surface area contributed by atoms with Crippen LogP contribution in [0.25, 0.3) is 0 Å². The lowest BCUT2D eigenvalue weighted by Crippen LogP contribution is -2.36. The first-order valence-electron chi connectivity index (χ1n) is 7.92. The Hall–Kier alpha value is -2.15. The summed E-state index contributed by atoms with van der Waals surface area (Å²) in [6, 6.07) is 4.92. The molecule has 0 atom stereocenters. The fourth-order valence-electron chi connectivity index (χ4n) is 2.29. The molecule has 1 fully saturated rings. The van der Waals surface area contributed by atoms with Crippen molar-refractivity contribution < 1.29 is 18.7 Å². The smallest absolute Gasteiger partial charge is 0.428 e. The molecule has 24 heavy (non-hydrogen) atoms. The number of amides is 1. The first-order chi connectivity index (χ1) is 11.3. The third kappa shape index (κ3) is 5.19. The second-order valence-electron chi connectivity index (χ2n) is 6.58. The monoisotopic (exact) mass is 337 g/mol. The Bertz CT molecular complexity index is 620. The highest BCUT2D eigenvalue weighted by Gasteiger charge is 2.17. The number of morpholine rings is 1. The first-order valence-corrected chi connectivity index (χ1v) is 7.92. The van der Waals surface area contributed by atoms with Crippen LogP contribution < -0.4 is 10.3 Å². The van der Waals surface area contributed by atoms with Gasteiger partial charge in [0, 0.05) is 18.7 Å². The summed E-state index contributed by atoms with van der Waals surface area (Å²) in [5, 5.41) is 3.95. The van der Waals surface area contributed by atoms with Crippen LogP contribution in [0.3, 0.4) is 0 Å². The molecular weight excluding hydrogens is 313 g/mol. The summed E-state index contributed by atoms with van der Waals surface area (Å²) in [4.78, 5) is 13.5. The van der Waals surface area contributed by atoms with Gasteiger partial charge in [-0.3, -0.25) is 0 Å². The molecule has 1 aliphatic rings. The van der Waals surface area contributed by atoms with E-state index in [9.17, 15) is 9.18 Å². The van der Waals surface area contributed by atoms with Gasteiger partial charge in [0.15, 0.2) is 0 Å². The van der Waals surface area contributed by atoms with E-state index in [1.54, 1.807) is 39.8 Å². The van der Waals surface area contributed by atoms with E-state index in [1.165, 1.54) is 6.07 Å². The van der Waals surface area contributed by atoms with Gasteiger partial charge >= 0.3 is 6.09 Å². The third-order valence-electron chi connectivity index (χ3n) is 3.43. The number of nitrogens with one attached hydrogen (secondary N) is 1. The molecule has 6 nitrogen and oxygen atoms in total. The molecule has 1 heterocycles. The largest absolute Gasteiger partial charge is 0.443 e. The molecule has 0 spiro atoms. The summed E-state index contributed by atoms with van der Waals surface area (Å²) >= 11 is 0. The van der Waals surface area contributed by atoms with Gasteiger partial charge in [-0.1, -0.05) is 6.07 Å². The number of hydrogen-bond donors (Lipinski definition) is 1. The topological polar surface area (TPSA) is 63.2 Å². The average molecular weight is 337 g/mol. The van der Waals surface area contributed by atoms with Crippen LogP contribution in [0.2, 0.25) is 0 Å². The SMILES string of the molecule is C/C(=N/NC(=O)OC(C)(C)C)c1ccc(N2CCOCC2)c(F)c1. The molecule has 2 rings (SSSR count). The molecule has 1 saturated heterocycles. The molecule has 0 unspecified atom stereocenters. The molecular formula is C17H24FN3O3. The van der Waals surface area contributed by atoms with E-state index >= 15 is 0 Å². The molecule has 1 N–H and O–H groups in total. The Morgan fingerprint density at radius 1 is 1.33 bits per heavy atom. The van der Waals surface area contributed by atoms with Crippen LogP contribution in [0.1, 0.15) is 33.3 Å². The van der Waals surface area contributed by atoms with Crippen LogP contribution >= 0.6 is 0 Å². The summed E-state index contributed by atoms with van der Waals surface area (Å²) < 4.78 is 24.7. The van der Waals surface area contributed by atoms with Crippen LogP contribution in [-0.2, 0) is 9.47 Å². The lowest BCUT2D eigenvalue weighted by atomic mass is 10.1. The van der Waals surface area contributed by atoms with Crippen molar-refractivity contribution in [2.75, 3.05) is 31.2 Å². The first kappa shape index (κ1) is 18.2. The lowest BCUT2D eigenvalue weighted by molar-refractivity contribution is 0.0529. The number of rotatable bonds is 3. The highest BCUT2D eigenvalue weighted by Crippen LogP contribution is 2.22. The van der Waals surface area contributed by atoms with Gasteiger partial charge in [0.2, 0.25) is 0 Å². The van der Waals surface area contributed by atoms with E-state index in [2.05, 4.69) is 10.5 Å². The Kier molecular flexibility index (Phi) is 5.77. The van der Waals surface area contributed by atoms with Crippen LogP contribution in [0.5, 0.6) is 0 Å². The quantitative estimate of drug-likeness (QED) is 0.680. The number of halogens is 1. The minimum absolute atomic E-state index is 0.318. The number of hydrazone groups is 1. The number of anilines is 1. The maximum atomic E-state index is 14.4. The van der Waals surface area contributed by atoms with Gasteiger partial charge in [-0.15, -0.1) is 0 Å². The molecule has 0 saturated carbocycles. The number of hydrogen-bond acceptors (Lipinski definition) is 5. The van der Waals surface area contributed by atoms with Crippen LogP contribution in [-0.4, -0.2) is 43.7 Å². The minimum Gasteiger partial charge on any atom is -0.443 e. The molecule has 0 aliphatic carbocycles. The van der Waals surface area contributed by atoms with Crippen molar-refractivity contribution in [3.05, 3.63) is 29.6 Å². The van der Waals surface area contributed by atoms with Crippen molar-refractivity contribution in [2.45, 2.75) is 33.3 Å². The zero-order valence-corrected chi connectivity index (χ0v) is 14.6. The molecule has 0 radical (unpaired) electrons. The number of carbonyl (C=O) groups is 1. The van der Waals surface area contributed by atoms with E-state index in [4.69, 9.17) is 9.47 Å². The van der Waals surface area contributed by atoms with Crippen LogP contribution in [0, 0.1) is 5.82 Å². The van der Waals surface area contributed by atoms with Crippen molar-refractivity contribution in [3.63, 3.8) is 0 Å². The molecule has 1 amide bonds. The van der Waals surface area contributed by atoms with E-state index in [0.29, 0.717) is 43.3 Å². The van der Waals surface area contributed by atoms with E-state index in [0.717, 1.165) is 0 Å². The van der Waals surface area contributed by atoms with Gasteiger partial charge in [-0.05, 0) is 39.8 Å². The van der Waals surface area contributed by atoms with Gasteiger partial charge in [0.1, 0.15) is 11.4 Å². The molecule has 1 aromatic rings. The third-order valence-corrected chi connectivity index (χ3v) is 3.43. The predicted octanol–water partition coefficient (Wildman–Crippen LogP) is 2.91. The molecule has 0 bridgehead atoms. The van der Waals surface area contributed by atoms with Gasteiger partial charge in [0.05, 0.1) is 24.6 Å². The summed E-state index contributed by atoms with van der Waals surface area (Å²) in [5.41, 5.74) is 3.36. The summed E-state index contributed by atoms with van der Waals surface area (Å²) in [7, 11) is 0. The van der Waals surface area contributed by atoms with Crippen LogP contribution in [0.15, 0.2) is 23.3 Å². The molecule has 0 aromatic heterocycles. The van der Waals surface area contributed by atoms with Crippen molar-refractivity contribution >= 4 is 17.5 Å². The molecule has 7 heteroatoms. The van der Waals surface area contributed by atoms with Crippen molar-refractivity contribution in [3.8, 4) is 0 Å². The van der Waals surface area contributed by atoms with E-state index in [-0.39, 0.29) is 5.82 Å². The number of carbonyl (C=O) groups excluding carboxylic acids is 1. The second kappa shape index (κ2) is 7.61. The average Bonchev–Trinajstić information content (AvgIpc) is 2.51. The summed E-state index contributed by atoms with van der Waals surface area (Å²) in [6.45, 7) is 9.53. The zero-order chi connectivity index (χ0) is 17.7. The standard InChI is InChI=1S/C17H24FN3O3/c1-12(19-20-16(22)24-17(2,3)4)13-5-6-15(14(18)11-13)21-7-9-23-10-8-21/h5-6,11H,7-10H2,1-4H3,(H,20,22)/b19-12-. The Labute approximate surface area is 141 Å². The Morgan fingerprint density at radius 2 is 2.00 bits per heavy atom. The van der Waals surface area contributed by atoms with Gasteiger partial charge in [-0.25, -0.2) is 14.6 Å². The second-order valence-corrected chi connectivity index (χ2v) is 6.58. The van der Waals surface area contributed by atoms with Crippen molar-refractivity contribution in [1.29, 1.82) is 0 Å². The fraction of sp³-hybridized carbons (Fsp3) is 0.529. The predicted molar refractivity (Wildman–Crippen MR) is 91.0 cm³/mol. The highest BCUT2D eigenvalue weighted by atomic mass is 19.1. The van der Waals surface area contributed by atoms with Crippen molar-refractivity contribution in [2.24, 2.45) is 5.10 Å². The van der Waals surface area contributed by atoms with E-state index in [1.807, 2.05) is 4.90 Å². The number of nitrogens with zero attached hydrogens (tertiary/aromatic N) is 2. The van der Waals surface area contributed by atoms with Gasteiger partial charge < -0.3 is 14.4 Å². The summed E-state index contributed by atoms with van der Waals surface area (Å²) in [5.74, 6) is -0.318. The fourth-order valence-corrected chi connectivity index (χ4v) is 2.29. The number of ether oxygens (including phenoxy) is 2. The molecule has 1 aliphatic heterocycles. The molecule has 1 aromatic carbocycles.